The number of aliphatic hydroxyl groups is 1. The van der Waals surface area contributed by atoms with Gasteiger partial charge in [-0.1, -0.05) is 6.92 Å². The number of aromatic nitrogens is 2. The van der Waals surface area contributed by atoms with Crippen LogP contribution in [0, 0.1) is 0 Å². The maximum absolute atomic E-state index is 11.2. The fourth-order valence-corrected chi connectivity index (χ4v) is 1.50. The Hall–Kier alpha value is -1.89. The number of aryl methyl sites for hydroxylation is 1. The molecular formula is C13H23N2O5+. The zero-order valence-corrected chi connectivity index (χ0v) is 12.6. The maximum Gasteiger partial charge on any atom is 0.436 e. The lowest BCUT2D eigenvalue weighted by molar-refractivity contribution is 0.219. The standard InChI is InChI=1S/C12H18N2O4.CH4O/c1-5-9(17-6-2)7-10(8(3)15)11-13-14(4)12(16)18-11;1-2/h7,10H,5-6H2,1-4H3;2H,1H3/p+1/b9-7+;. The molecule has 1 unspecified atom stereocenters. The largest absolute Gasteiger partial charge is 0.499 e. The lowest BCUT2D eigenvalue weighted by Crippen LogP contribution is -2.10. The van der Waals surface area contributed by atoms with Crippen molar-refractivity contribution < 1.29 is 19.1 Å². The molecule has 20 heavy (non-hydrogen) atoms. The van der Waals surface area contributed by atoms with E-state index in [1.807, 2.05) is 13.8 Å². The number of ether oxygens (including phenoxy) is 1. The van der Waals surface area contributed by atoms with Gasteiger partial charge in [-0.15, -0.1) is 5.10 Å². The molecule has 0 saturated carbocycles. The Morgan fingerprint density at radius 3 is 2.50 bits per heavy atom. The van der Waals surface area contributed by atoms with Crippen molar-refractivity contribution >= 4 is 5.78 Å². The van der Waals surface area contributed by atoms with Crippen LogP contribution in [0.5, 0.6) is 0 Å². The predicted molar refractivity (Wildman–Crippen MR) is 75.2 cm³/mol. The van der Waals surface area contributed by atoms with Gasteiger partial charge in [0.05, 0.1) is 12.4 Å². The van der Waals surface area contributed by atoms with Gasteiger partial charge in [-0.3, -0.25) is 4.79 Å². The Bertz CT molecular complexity index is 501. The van der Waals surface area contributed by atoms with E-state index in [-0.39, 0.29) is 11.7 Å². The number of ketones is 1. The molecule has 0 bridgehead atoms. The van der Waals surface area contributed by atoms with Gasteiger partial charge < -0.3 is 14.3 Å². The highest BCUT2D eigenvalue weighted by molar-refractivity contribution is 5.85. The second kappa shape index (κ2) is 9.08. The summed E-state index contributed by atoms with van der Waals surface area (Å²) >= 11 is 0. The number of rotatable bonds is 6. The number of hydrogen-bond acceptors (Lipinski definition) is 5. The summed E-state index contributed by atoms with van der Waals surface area (Å²) in [5.74, 6) is -0.139. The third-order valence-electron chi connectivity index (χ3n) is 2.45. The molecule has 0 aromatic carbocycles. The summed E-state index contributed by atoms with van der Waals surface area (Å²) in [6.45, 7) is 5.91. The Labute approximate surface area is 117 Å². The Balaban J connectivity index is 0.00000172. The fourth-order valence-electron chi connectivity index (χ4n) is 1.50. The monoisotopic (exact) mass is 287 g/mol. The van der Waals surface area contributed by atoms with Gasteiger partial charge in [0.25, 0.3) is 0 Å². The molecule has 7 heteroatoms. The third kappa shape index (κ3) is 5.00. The Kier molecular flexibility index (Phi) is 8.23. The molecule has 2 N–H and O–H groups in total. The van der Waals surface area contributed by atoms with Gasteiger partial charge in [0.2, 0.25) is 5.89 Å². The van der Waals surface area contributed by atoms with Crippen molar-refractivity contribution in [2.45, 2.75) is 33.1 Å². The number of hydrogen-bond donors (Lipinski definition) is 1. The summed E-state index contributed by atoms with van der Waals surface area (Å²) in [6, 6.07) is 0. The predicted octanol–water partition coefficient (Wildman–Crippen LogP) is 0.961. The summed E-state index contributed by atoms with van der Waals surface area (Å²) in [5, 5.41) is 10.9. The molecule has 1 heterocycles. The van der Waals surface area contributed by atoms with Crippen LogP contribution >= 0.6 is 0 Å². The molecule has 1 aromatic heterocycles. The van der Waals surface area contributed by atoms with Crippen molar-refractivity contribution in [1.82, 2.24) is 9.78 Å². The average Bonchev–Trinajstić information content (AvgIpc) is 2.76. The highest BCUT2D eigenvalue weighted by Gasteiger charge is 2.26. The number of allylic oxidation sites excluding steroid dienone is 2. The maximum atomic E-state index is 11.2. The van der Waals surface area contributed by atoms with Crippen molar-refractivity contribution in [2.75, 3.05) is 13.7 Å². The van der Waals surface area contributed by atoms with Gasteiger partial charge in [-0.2, -0.15) is 4.68 Å². The quantitative estimate of drug-likeness (QED) is 0.620. The molecule has 0 fully saturated rings. The minimum absolute atomic E-state index is 0.0995. The van der Waals surface area contributed by atoms with Gasteiger partial charge in [0.1, 0.15) is 0 Å². The molecule has 1 rings (SSSR count). The highest BCUT2D eigenvalue weighted by atomic mass is 16.5. The zero-order valence-electron chi connectivity index (χ0n) is 12.6. The molecule has 0 aliphatic rings. The van der Waals surface area contributed by atoms with E-state index < -0.39 is 11.7 Å². The first-order valence-corrected chi connectivity index (χ1v) is 6.34. The first kappa shape index (κ1) is 18.1. The van der Waals surface area contributed by atoms with Crippen LogP contribution in [0.4, 0.5) is 0 Å². The molecule has 1 aromatic rings. The second-order valence-electron chi connectivity index (χ2n) is 3.87. The summed E-state index contributed by atoms with van der Waals surface area (Å²) in [6.07, 6.45) is 2.40. The molecular weight excluding hydrogens is 264 g/mol. The summed E-state index contributed by atoms with van der Waals surface area (Å²) in [7, 11) is 2.49. The number of nitrogens with zero attached hydrogens (tertiary/aromatic N) is 2. The highest BCUT2D eigenvalue weighted by Crippen LogP contribution is 2.18. The van der Waals surface area contributed by atoms with Crippen LogP contribution in [0.3, 0.4) is 0 Å². The first-order chi connectivity index (χ1) is 9.49. The number of carbonyl (C=O) groups excluding carboxylic acids is 1. The van der Waals surface area contributed by atoms with Crippen LogP contribution in [-0.2, 0) is 11.8 Å². The number of aliphatic hydroxyl groups excluding tert-OH is 1. The van der Waals surface area contributed by atoms with Gasteiger partial charge in [-0.05, 0) is 13.0 Å². The van der Waals surface area contributed by atoms with Crippen molar-refractivity contribution in [3.05, 3.63) is 28.3 Å². The summed E-state index contributed by atoms with van der Waals surface area (Å²) in [5.41, 5.74) is 0. The van der Waals surface area contributed by atoms with Gasteiger partial charge in [-0.25, -0.2) is 4.79 Å². The molecule has 0 spiro atoms. The van der Waals surface area contributed by atoms with Crippen LogP contribution in [0.25, 0.3) is 0 Å². The lowest BCUT2D eigenvalue weighted by Gasteiger charge is -2.07. The normalized spacial score (nSPS) is 12.4. The van der Waals surface area contributed by atoms with Crippen LogP contribution < -0.4 is 5.76 Å². The second-order valence-corrected chi connectivity index (χ2v) is 3.87. The van der Waals surface area contributed by atoms with E-state index in [1.54, 1.807) is 6.08 Å². The minimum atomic E-state index is -0.569. The SMILES string of the molecule is CCO/C(=C/C(C(C)=[OH+])c1nn(C)c(=O)o1)CC.CO. The van der Waals surface area contributed by atoms with Crippen molar-refractivity contribution in [3.63, 3.8) is 0 Å². The molecule has 0 aliphatic heterocycles. The van der Waals surface area contributed by atoms with E-state index in [9.17, 15) is 9.59 Å². The molecule has 114 valence electrons. The van der Waals surface area contributed by atoms with E-state index in [2.05, 4.69) is 5.10 Å². The van der Waals surface area contributed by atoms with Gasteiger partial charge in [0, 0.05) is 27.5 Å². The van der Waals surface area contributed by atoms with Crippen LogP contribution in [0.15, 0.2) is 21.0 Å². The topological polar surface area (TPSA) is 98.9 Å². The minimum Gasteiger partial charge on any atom is -0.499 e. The molecule has 7 nitrogen and oxygen atoms in total. The van der Waals surface area contributed by atoms with Crippen LogP contribution in [0.2, 0.25) is 0 Å². The van der Waals surface area contributed by atoms with E-state index in [1.165, 1.54) is 14.0 Å². The Morgan fingerprint density at radius 2 is 2.15 bits per heavy atom. The zero-order chi connectivity index (χ0) is 15.7. The van der Waals surface area contributed by atoms with E-state index in [0.717, 1.165) is 17.6 Å². The smallest absolute Gasteiger partial charge is 0.436 e. The van der Waals surface area contributed by atoms with Crippen LogP contribution in [-0.4, -0.2) is 39.2 Å². The van der Waals surface area contributed by atoms with E-state index >= 15 is 0 Å². The molecule has 1 atom stereocenters. The summed E-state index contributed by atoms with van der Waals surface area (Å²) in [4.78, 5) is 20.9. The molecule has 0 aliphatic carbocycles. The Morgan fingerprint density at radius 1 is 1.55 bits per heavy atom. The van der Waals surface area contributed by atoms with E-state index in [4.69, 9.17) is 14.3 Å². The third-order valence-corrected chi connectivity index (χ3v) is 2.45. The molecule has 0 saturated heterocycles. The van der Waals surface area contributed by atoms with Crippen molar-refractivity contribution in [3.8, 4) is 0 Å². The molecule has 0 amide bonds. The first-order valence-electron chi connectivity index (χ1n) is 6.34. The fraction of sp³-hybridized carbons (Fsp3) is 0.615. The summed E-state index contributed by atoms with van der Waals surface area (Å²) < 4.78 is 11.5. The van der Waals surface area contributed by atoms with Crippen molar-refractivity contribution in [1.29, 1.82) is 0 Å². The molecule has 0 radical (unpaired) electrons. The average molecular weight is 287 g/mol. The van der Waals surface area contributed by atoms with Gasteiger partial charge >= 0.3 is 11.5 Å². The van der Waals surface area contributed by atoms with Crippen LogP contribution in [0.1, 0.15) is 39.0 Å². The van der Waals surface area contributed by atoms with Crippen molar-refractivity contribution in [2.24, 2.45) is 7.05 Å². The lowest BCUT2D eigenvalue weighted by atomic mass is 10.0. The van der Waals surface area contributed by atoms with E-state index in [0.29, 0.717) is 13.0 Å². The van der Waals surface area contributed by atoms with Gasteiger partial charge in [0.15, 0.2) is 5.92 Å².